The number of carbonyl (C=O) groups is 3. The van der Waals surface area contributed by atoms with Crippen LogP contribution in [-0.2, 0) is 14.4 Å². The third-order valence-electron chi connectivity index (χ3n) is 2.79. The highest BCUT2D eigenvalue weighted by Crippen LogP contribution is 2.15. The Morgan fingerprint density at radius 1 is 1.07 bits per heavy atom. The van der Waals surface area contributed by atoms with Crippen molar-refractivity contribution in [2.45, 2.75) is 19.5 Å². The van der Waals surface area contributed by atoms with Gasteiger partial charge in [-0.2, -0.15) is 18.4 Å². The average Bonchev–Trinajstić information content (AvgIpc) is 2.60. The van der Waals surface area contributed by atoms with Crippen LogP contribution < -0.4 is 16.4 Å². The van der Waals surface area contributed by atoms with Crippen LogP contribution in [0.1, 0.15) is 13.3 Å². The standard InChI is InChI=1S/C14H16N4O3.C2HF3O2/c1-9(19)10(7-15)6-13(20)17-11-2-4-12(5-3-11)18-14(21)8-16;3-2(4,5)1(6)7/h2-5,19H,6,8,16H2,1H3,(H,17,20)(H,18,21);(H,6,7). The lowest BCUT2D eigenvalue weighted by molar-refractivity contribution is -0.192. The van der Waals surface area contributed by atoms with Gasteiger partial charge < -0.3 is 26.6 Å². The number of hydrogen-bond donors (Lipinski definition) is 5. The molecular formula is C16H17F3N4O5. The normalized spacial score (nSPS) is 11.1. The van der Waals surface area contributed by atoms with Crippen LogP contribution in [-0.4, -0.2) is 40.7 Å². The second-order valence-corrected chi connectivity index (χ2v) is 5.03. The molecule has 9 nitrogen and oxygen atoms in total. The Kier molecular flexibility index (Phi) is 9.76. The Hall–Kier alpha value is -3.59. The van der Waals surface area contributed by atoms with Crippen molar-refractivity contribution < 1.29 is 37.8 Å². The van der Waals surface area contributed by atoms with Gasteiger partial charge in [0.1, 0.15) is 5.76 Å². The van der Waals surface area contributed by atoms with E-state index in [1.165, 1.54) is 6.92 Å². The first-order valence-corrected chi connectivity index (χ1v) is 7.39. The minimum absolute atomic E-state index is 0.0133. The summed E-state index contributed by atoms with van der Waals surface area (Å²) >= 11 is 0. The van der Waals surface area contributed by atoms with E-state index in [-0.39, 0.29) is 30.2 Å². The number of aliphatic hydroxyl groups is 1. The minimum atomic E-state index is -5.08. The summed E-state index contributed by atoms with van der Waals surface area (Å²) in [6, 6.07) is 8.20. The molecule has 1 aromatic rings. The second kappa shape index (κ2) is 11.2. The van der Waals surface area contributed by atoms with Crippen LogP contribution in [0.4, 0.5) is 24.5 Å². The fourth-order valence-corrected chi connectivity index (χ4v) is 1.46. The van der Waals surface area contributed by atoms with E-state index in [9.17, 15) is 27.9 Å². The van der Waals surface area contributed by atoms with E-state index in [0.29, 0.717) is 11.4 Å². The summed E-state index contributed by atoms with van der Waals surface area (Å²) in [5, 5.41) is 30.2. The van der Waals surface area contributed by atoms with Gasteiger partial charge in [-0.1, -0.05) is 0 Å². The van der Waals surface area contributed by atoms with Crippen molar-refractivity contribution in [3.05, 3.63) is 35.6 Å². The molecule has 0 aliphatic heterocycles. The summed E-state index contributed by atoms with van der Waals surface area (Å²) < 4.78 is 31.7. The van der Waals surface area contributed by atoms with Crippen LogP contribution >= 0.6 is 0 Å². The number of nitrogens with zero attached hydrogens (tertiary/aromatic N) is 1. The number of benzene rings is 1. The first-order chi connectivity index (χ1) is 12.9. The topological polar surface area (TPSA) is 166 Å². The van der Waals surface area contributed by atoms with Gasteiger partial charge in [-0.25, -0.2) is 4.79 Å². The molecule has 6 N–H and O–H groups in total. The zero-order valence-corrected chi connectivity index (χ0v) is 14.5. The van der Waals surface area contributed by atoms with Crippen molar-refractivity contribution in [2.75, 3.05) is 17.2 Å². The lowest BCUT2D eigenvalue weighted by Gasteiger charge is -2.07. The molecule has 0 bridgehead atoms. The van der Waals surface area contributed by atoms with Crippen molar-refractivity contribution in [2.24, 2.45) is 5.73 Å². The van der Waals surface area contributed by atoms with E-state index in [4.69, 9.17) is 20.9 Å². The largest absolute Gasteiger partial charge is 0.512 e. The lowest BCUT2D eigenvalue weighted by atomic mass is 10.1. The van der Waals surface area contributed by atoms with Crippen LogP contribution in [0.3, 0.4) is 0 Å². The number of nitrogens with two attached hydrogens (primary N) is 1. The van der Waals surface area contributed by atoms with Crippen molar-refractivity contribution in [1.82, 2.24) is 0 Å². The van der Waals surface area contributed by atoms with Gasteiger partial charge in [0.15, 0.2) is 0 Å². The highest BCUT2D eigenvalue weighted by Gasteiger charge is 2.38. The fourth-order valence-electron chi connectivity index (χ4n) is 1.46. The van der Waals surface area contributed by atoms with Gasteiger partial charge in [-0.15, -0.1) is 0 Å². The van der Waals surface area contributed by atoms with Crippen LogP contribution in [0.2, 0.25) is 0 Å². The number of anilines is 2. The maximum atomic E-state index is 11.7. The molecule has 152 valence electrons. The minimum Gasteiger partial charge on any atom is -0.512 e. The summed E-state index contributed by atoms with van der Waals surface area (Å²) in [4.78, 5) is 31.7. The first kappa shape index (κ1) is 24.4. The Morgan fingerprint density at radius 2 is 1.46 bits per heavy atom. The molecule has 0 aliphatic rings. The molecule has 0 unspecified atom stereocenters. The summed E-state index contributed by atoms with van der Waals surface area (Å²) in [6.07, 6.45) is -5.29. The van der Waals surface area contributed by atoms with Crippen molar-refractivity contribution in [3.8, 4) is 6.07 Å². The van der Waals surface area contributed by atoms with E-state index in [2.05, 4.69) is 10.6 Å². The monoisotopic (exact) mass is 402 g/mol. The number of alkyl halides is 3. The highest BCUT2D eigenvalue weighted by atomic mass is 19.4. The summed E-state index contributed by atoms with van der Waals surface area (Å²) in [6.45, 7) is 1.24. The molecule has 0 radical (unpaired) electrons. The Balaban J connectivity index is 0.000000887. The first-order valence-electron chi connectivity index (χ1n) is 7.39. The maximum Gasteiger partial charge on any atom is 0.490 e. The molecule has 28 heavy (non-hydrogen) atoms. The molecule has 12 heteroatoms. The Morgan fingerprint density at radius 3 is 1.75 bits per heavy atom. The summed E-state index contributed by atoms with van der Waals surface area (Å²) in [7, 11) is 0. The number of nitriles is 1. The number of allylic oxidation sites excluding steroid dienone is 1. The number of carboxylic acid groups (broad SMARTS) is 1. The molecule has 1 aromatic carbocycles. The molecular weight excluding hydrogens is 385 g/mol. The number of hydrogen-bond acceptors (Lipinski definition) is 6. The third kappa shape index (κ3) is 9.78. The summed E-state index contributed by atoms with van der Waals surface area (Å²) in [5.41, 5.74) is 6.27. The van der Waals surface area contributed by atoms with Crippen LogP contribution in [0.25, 0.3) is 0 Å². The Labute approximate surface area is 157 Å². The van der Waals surface area contributed by atoms with Gasteiger partial charge in [0, 0.05) is 11.4 Å². The third-order valence-corrected chi connectivity index (χ3v) is 2.79. The number of amides is 2. The molecule has 1 rings (SSSR count). The zero-order chi connectivity index (χ0) is 21.9. The van der Waals surface area contributed by atoms with Gasteiger partial charge in [0.2, 0.25) is 11.8 Å². The van der Waals surface area contributed by atoms with E-state index < -0.39 is 18.1 Å². The predicted octanol–water partition coefficient (Wildman–Crippen LogP) is 1.90. The summed E-state index contributed by atoms with van der Waals surface area (Å²) in [5.74, 6) is -3.66. The number of carboxylic acids is 1. The zero-order valence-electron chi connectivity index (χ0n) is 14.5. The number of nitrogens with one attached hydrogen (secondary N) is 2. The number of halogens is 3. The van der Waals surface area contributed by atoms with E-state index in [1.807, 2.05) is 0 Å². The van der Waals surface area contributed by atoms with E-state index in [1.54, 1.807) is 30.3 Å². The van der Waals surface area contributed by atoms with Crippen LogP contribution in [0.5, 0.6) is 0 Å². The van der Waals surface area contributed by atoms with E-state index >= 15 is 0 Å². The lowest BCUT2D eigenvalue weighted by Crippen LogP contribution is -2.21. The van der Waals surface area contributed by atoms with Crippen molar-refractivity contribution >= 4 is 29.2 Å². The van der Waals surface area contributed by atoms with Gasteiger partial charge >= 0.3 is 12.1 Å². The molecule has 0 saturated carbocycles. The predicted molar refractivity (Wildman–Crippen MR) is 92.0 cm³/mol. The smallest absolute Gasteiger partial charge is 0.490 e. The molecule has 0 heterocycles. The van der Waals surface area contributed by atoms with E-state index in [0.717, 1.165) is 0 Å². The second-order valence-electron chi connectivity index (χ2n) is 5.03. The van der Waals surface area contributed by atoms with Gasteiger partial charge in [0.25, 0.3) is 0 Å². The molecule has 2 amide bonds. The molecule has 0 saturated heterocycles. The fraction of sp³-hybridized carbons (Fsp3) is 0.250. The van der Waals surface area contributed by atoms with Gasteiger partial charge in [0.05, 0.1) is 24.6 Å². The molecule has 0 aliphatic carbocycles. The number of rotatable bonds is 5. The maximum absolute atomic E-state index is 11.7. The van der Waals surface area contributed by atoms with Gasteiger partial charge in [-0.3, -0.25) is 9.59 Å². The number of aliphatic carboxylic acids is 1. The molecule has 0 spiro atoms. The molecule has 0 fully saturated rings. The van der Waals surface area contributed by atoms with Gasteiger partial charge in [-0.05, 0) is 31.2 Å². The number of carbonyl (C=O) groups excluding carboxylic acids is 2. The van der Waals surface area contributed by atoms with Crippen molar-refractivity contribution in [1.29, 1.82) is 5.26 Å². The van der Waals surface area contributed by atoms with Crippen molar-refractivity contribution in [3.63, 3.8) is 0 Å². The average molecular weight is 402 g/mol. The van der Waals surface area contributed by atoms with Crippen LogP contribution in [0.15, 0.2) is 35.6 Å². The number of aliphatic hydroxyl groups excluding tert-OH is 1. The Bertz CT molecular complexity index is 779. The quantitative estimate of drug-likeness (QED) is 0.370. The molecule has 0 aromatic heterocycles. The molecule has 0 atom stereocenters. The highest BCUT2D eigenvalue weighted by molar-refractivity contribution is 5.94. The van der Waals surface area contributed by atoms with Crippen LogP contribution in [0, 0.1) is 11.3 Å². The SMILES string of the molecule is CC(O)=C(C#N)CC(=O)Nc1ccc(NC(=O)CN)cc1.O=C(O)C(F)(F)F.